The fraction of sp³-hybridized carbons (Fsp3) is 0.259. The summed E-state index contributed by atoms with van der Waals surface area (Å²) in [5.74, 6) is -0.989. The number of nitro benzene ring substituents is 1. The van der Waals surface area contributed by atoms with Gasteiger partial charge >= 0.3 is 12.3 Å². The first-order chi connectivity index (χ1) is 19.0. The molecule has 40 heavy (non-hydrogen) atoms. The molecule has 3 aromatic rings. The second-order valence-electron chi connectivity index (χ2n) is 8.68. The van der Waals surface area contributed by atoms with E-state index < -0.39 is 41.1 Å². The maximum Gasteiger partial charge on any atom is 0.573 e. The second kappa shape index (κ2) is 11.5. The van der Waals surface area contributed by atoms with Crippen molar-refractivity contribution >= 4 is 17.6 Å². The van der Waals surface area contributed by atoms with Gasteiger partial charge in [-0.05, 0) is 42.0 Å². The molecule has 10 nitrogen and oxygen atoms in total. The van der Waals surface area contributed by atoms with Crippen molar-refractivity contribution in [3.05, 3.63) is 93.5 Å². The van der Waals surface area contributed by atoms with Crippen molar-refractivity contribution in [2.24, 2.45) is 0 Å². The number of nitrogens with zero attached hydrogens (tertiary/aromatic N) is 2. The van der Waals surface area contributed by atoms with Crippen molar-refractivity contribution < 1.29 is 46.6 Å². The molecule has 210 valence electrons. The Morgan fingerprint density at radius 1 is 1.00 bits per heavy atom. The Balaban J connectivity index is 1.63. The van der Waals surface area contributed by atoms with Gasteiger partial charge in [0.25, 0.3) is 11.6 Å². The number of halogens is 3. The lowest BCUT2D eigenvalue weighted by molar-refractivity contribution is -0.384. The van der Waals surface area contributed by atoms with Gasteiger partial charge in [-0.3, -0.25) is 14.9 Å². The number of carbonyl (C=O) groups is 2. The molecule has 2 atom stereocenters. The number of esters is 1. The zero-order valence-corrected chi connectivity index (χ0v) is 21.2. The third-order valence-corrected chi connectivity index (χ3v) is 6.24. The lowest BCUT2D eigenvalue weighted by atomic mass is 10.0. The van der Waals surface area contributed by atoms with Crippen LogP contribution in [-0.2, 0) is 16.1 Å². The molecule has 1 aliphatic rings. The number of likely N-dealkylation sites (tertiary alicyclic amines) is 1. The van der Waals surface area contributed by atoms with Crippen molar-refractivity contribution in [3.8, 4) is 17.2 Å². The van der Waals surface area contributed by atoms with Crippen LogP contribution in [0.15, 0.2) is 66.7 Å². The maximum atomic E-state index is 13.6. The largest absolute Gasteiger partial charge is 0.573 e. The molecular weight excluding hydrogens is 537 g/mol. The average Bonchev–Trinajstić information content (AvgIpc) is 3.22. The Kier molecular flexibility index (Phi) is 8.12. The highest BCUT2D eigenvalue weighted by molar-refractivity contribution is 5.93. The summed E-state index contributed by atoms with van der Waals surface area (Å²) in [6.45, 7) is -0.0391. The quantitative estimate of drug-likeness (QED) is 0.199. The molecule has 1 fully saturated rings. The van der Waals surface area contributed by atoms with Gasteiger partial charge in [0.2, 0.25) is 0 Å². The highest BCUT2D eigenvalue weighted by atomic mass is 19.4. The SMILES string of the molecule is COc1cccc(OC)c1[C@@H]1C[C@@H](OC(=O)c2ccc([N+](=O)[O-])cc2)C(=O)N1Cc1ccc(OC(F)(F)F)cc1. The summed E-state index contributed by atoms with van der Waals surface area (Å²) in [4.78, 5) is 38.1. The average molecular weight is 560 g/mol. The number of rotatable bonds is 9. The van der Waals surface area contributed by atoms with Crippen LogP contribution < -0.4 is 14.2 Å². The minimum absolute atomic E-state index is 0.0172. The topological polar surface area (TPSA) is 117 Å². The number of carbonyl (C=O) groups excluding carboxylic acids is 2. The summed E-state index contributed by atoms with van der Waals surface area (Å²) < 4.78 is 58.1. The first-order valence-corrected chi connectivity index (χ1v) is 11.8. The van der Waals surface area contributed by atoms with Gasteiger partial charge < -0.3 is 23.8 Å². The smallest absolute Gasteiger partial charge is 0.496 e. The molecule has 1 amide bonds. The van der Waals surface area contributed by atoms with E-state index in [1.54, 1.807) is 18.2 Å². The fourth-order valence-electron chi connectivity index (χ4n) is 4.45. The molecule has 4 rings (SSSR count). The van der Waals surface area contributed by atoms with E-state index in [2.05, 4.69) is 4.74 Å². The minimum Gasteiger partial charge on any atom is -0.496 e. The van der Waals surface area contributed by atoms with Crippen molar-refractivity contribution in [1.29, 1.82) is 0 Å². The van der Waals surface area contributed by atoms with Gasteiger partial charge in [0, 0.05) is 25.1 Å². The van der Waals surface area contributed by atoms with Crippen LogP contribution in [0.5, 0.6) is 17.2 Å². The Morgan fingerprint density at radius 3 is 2.12 bits per heavy atom. The molecule has 0 saturated carbocycles. The number of hydrogen-bond donors (Lipinski definition) is 0. The van der Waals surface area contributed by atoms with Gasteiger partial charge in [-0.15, -0.1) is 13.2 Å². The summed E-state index contributed by atoms with van der Waals surface area (Å²) in [6.07, 6.45) is -6.06. The summed E-state index contributed by atoms with van der Waals surface area (Å²) >= 11 is 0. The Bertz CT molecular complexity index is 1370. The number of amides is 1. The summed E-state index contributed by atoms with van der Waals surface area (Å²) in [7, 11) is 2.90. The predicted octanol–water partition coefficient (Wildman–Crippen LogP) is 5.21. The molecule has 3 aromatic carbocycles. The van der Waals surface area contributed by atoms with Crippen LogP contribution >= 0.6 is 0 Å². The molecule has 1 saturated heterocycles. The van der Waals surface area contributed by atoms with Gasteiger partial charge in [0.15, 0.2) is 6.10 Å². The Hall–Kier alpha value is -4.81. The van der Waals surface area contributed by atoms with E-state index in [9.17, 15) is 32.9 Å². The summed E-state index contributed by atoms with van der Waals surface area (Å²) in [5, 5.41) is 10.9. The molecule has 0 spiro atoms. The van der Waals surface area contributed by atoms with Crippen LogP contribution in [0.4, 0.5) is 18.9 Å². The molecule has 1 aliphatic heterocycles. The molecule has 0 radical (unpaired) electrons. The molecule has 1 heterocycles. The number of non-ortho nitro benzene ring substituents is 1. The van der Waals surface area contributed by atoms with Gasteiger partial charge in [-0.25, -0.2) is 4.79 Å². The zero-order chi connectivity index (χ0) is 29.0. The first kappa shape index (κ1) is 28.2. The number of methoxy groups -OCH3 is 2. The maximum absolute atomic E-state index is 13.6. The number of benzene rings is 3. The lowest BCUT2D eigenvalue weighted by Crippen LogP contribution is -2.33. The van der Waals surface area contributed by atoms with Crippen LogP contribution in [0.2, 0.25) is 0 Å². The summed E-state index contributed by atoms with van der Waals surface area (Å²) in [5.41, 5.74) is 0.814. The van der Waals surface area contributed by atoms with Gasteiger partial charge in [0.1, 0.15) is 17.2 Å². The molecule has 0 aliphatic carbocycles. The number of alkyl halides is 3. The lowest BCUT2D eigenvalue weighted by Gasteiger charge is -2.27. The van der Waals surface area contributed by atoms with Gasteiger partial charge in [0.05, 0.1) is 36.3 Å². The Morgan fingerprint density at radius 2 is 1.60 bits per heavy atom. The Labute approximate surface area is 226 Å². The monoisotopic (exact) mass is 560 g/mol. The van der Waals surface area contributed by atoms with Gasteiger partial charge in [-0.1, -0.05) is 18.2 Å². The predicted molar refractivity (Wildman–Crippen MR) is 133 cm³/mol. The molecule has 0 bridgehead atoms. The molecule has 0 aromatic heterocycles. The van der Waals surface area contributed by atoms with Crippen LogP contribution in [0.3, 0.4) is 0 Å². The number of nitro groups is 1. The number of ether oxygens (including phenoxy) is 4. The van der Waals surface area contributed by atoms with Crippen LogP contribution in [0, 0.1) is 10.1 Å². The molecule has 0 N–H and O–H groups in total. The standard InChI is InChI=1S/C27H23F3N2O8/c1-37-21-4-3-5-22(38-2)24(21)20-14-23(39-26(34)17-8-10-18(11-9-17)32(35)36)25(33)31(20)15-16-6-12-19(13-7-16)40-27(28,29)30/h3-13,20,23H,14-15H2,1-2H3/t20-,23+/m0/s1. The van der Waals surface area contributed by atoms with Crippen LogP contribution in [-0.4, -0.2) is 48.4 Å². The van der Waals surface area contributed by atoms with E-state index >= 15 is 0 Å². The normalized spacial score (nSPS) is 16.9. The zero-order valence-electron chi connectivity index (χ0n) is 21.2. The molecule has 0 unspecified atom stereocenters. The molecular formula is C27H23F3N2O8. The second-order valence-corrected chi connectivity index (χ2v) is 8.68. The first-order valence-electron chi connectivity index (χ1n) is 11.8. The van der Waals surface area contributed by atoms with E-state index in [4.69, 9.17) is 14.2 Å². The van der Waals surface area contributed by atoms with Gasteiger partial charge in [-0.2, -0.15) is 0 Å². The highest BCUT2D eigenvalue weighted by Gasteiger charge is 2.45. The third kappa shape index (κ3) is 6.25. The minimum atomic E-state index is -4.85. The van der Waals surface area contributed by atoms with Crippen LogP contribution in [0.1, 0.15) is 33.9 Å². The van der Waals surface area contributed by atoms with E-state index in [-0.39, 0.29) is 24.2 Å². The molecule has 13 heteroatoms. The number of hydrogen-bond acceptors (Lipinski definition) is 8. The fourth-order valence-corrected chi connectivity index (χ4v) is 4.45. The van der Waals surface area contributed by atoms with Crippen molar-refractivity contribution in [2.45, 2.75) is 31.5 Å². The van der Waals surface area contributed by atoms with E-state index in [1.165, 1.54) is 43.4 Å². The van der Waals surface area contributed by atoms with E-state index in [0.717, 1.165) is 24.3 Å². The highest BCUT2D eigenvalue weighted by Crippen LogP contribution is 2.44. The summed E-state index contributed by atoms with van der Waals surface area (Å²) in [6, 6.07) is 14.2. The van der Waals surface area contributed by atoms with E-state index in [0.29, 0.717) is 22.6 Å². The van der Waals surface area contributed by atoms with Crippen molar-refractivity contribution in [1.82, 2.24) is 4.90 Å². The van der Waals surface area contributed by atoms with E-state index in [1.807, 2.05) is 0 Å². The van der Waals surface area contributed by atoms with Crippen LogP contribution in [0.25, 0.3) is 0 Å². The van der Waals surface area contributed by atoms with Crippen molar-refractivity contribution in [2.75, 3.05) is 14.2 Å². The van der Waals surface area contributed by atoms with Crippen molar-refractivity contribution in [3.63, 3.8) is 0 Å². The third-order valence-electron chi connectivity index (χ3n) is 6.24.